The molecule has 1 amide bonds. The zero-order valence-electron chi connectivity index (χ0n) is 15.6. The summed E-state index contributed by atoms with van der Waals surface area (Å²) in [5.41, 5.74) is 13.8. The Hall–Kier alpha value is -3.62. The summed E-state index contributed by atoms with van der Waals surface area (Å²) in [5, 5.41) is 10.6. The summed E-state index contributed by atoms with van der Waals surface area (Å²) in [6, 6.07) is 6.38. The number of furan rings is 1. The lowest BCUT2D eigenvalue weighted by Crippen LogP contribution is -2.22. The quantitative estimate of drug-likeness (QED) is 0.318. The number of nitrogens with one attached hydrogen (secondary N) is 1. The Labute approximate surface area is 161 Å². The molecule has 0 atom stereocenters. The van der Waals surface area contributed by atoms with Crippen molar-refractivity contribution in [3.8, 4) is 0 Å². The molecule has 1 aromatic carbocycles. The first-order valence-electron chi connectivity index (χ1n) is 8.68. The van der Waals surface area contributed by atoms with E-state index in [0.29, 0.717) is 41.1 Å². The number of amides is 1. The van der Waals surface area contributed by atoms with Gasteiger partial charge in [-0.15, -0.1) is 5.10 Å². The van der Waals surface area contributed by atoms with Crippen molar-refractivity contribution in [1.82, 2.24) is 0 Å². The van der Waals surface area contributed by atoms with Crippen molar-refractivity contribution in [2.75, 3.05) is 12.4 Å². The largest absolute Gasteiger partial charge is 0.465 e. The summed E-state index contributed by atoms with van der Waals surface area (Å²) in [7, 11) is 1.31. The minimum Gasteiger partial charge on any atom is -0.465 e. The second-order valence-electron chi connectivity index (χ2n) is 6.30. The molecule has 9 heteroatoms. The number of benzene rings is 1. The van der Waals surface area contributed by atoms with E-state index in [1.165, 1.54) is 7.11 Å². The molecular weight excluding hydrogens is 362 g/mol. The fourth-order valence-corrected chi connectivity index (χ4v) is 3.10. The van der Waals surface area contributed by atoms with E-state index in [9.17, 15) is 9.59 Å². The Morgan fingerprint density at radius 2 is 1.89 bits per heavy atom. The number of anilines is 1. The molecule has 0 unspecified atom stereocenters. The number of guanidine groups is 1. The first kappa shape index (κ1) is 19.2. The summed E-state index contributed by atoms with van der Waals surface area (Å²) >= 11 is 0. The SMILES string of the molecule is COC(=O)c1ccc(NC(=O)c2oc3c(c2C)/C(=N/N=C(N)N)CCC3)cc1. The zero-order chi connectivity index (χ0) is 20.3. The van der Waals surface area contributed by atoms with E-state index in [1.54, 1.807) is 31.2 Å². The predicted molar refractivity (Wildman–Crippen MR) is 104 cm³/mol. The first-order valence-corrected chi connectivity index (χ1v) is 8.68. The number of esters is 1. The number of nitrogens with two attached hydrogens (primary N) is 2. The lowest BCUT2D eigenvalue weighted by molar-refractivity contribution is 0.0600. The smallest absolute Gasteiger partial charge is 0.337 e. The molecule has 2 aromatic rings. The Morgan fingerprint density at radius 3 is 2.54 bits per heavy atom. The van der Waals surface area contributed by atoms with Gasteiger partial charge in [-0.05, 0) is 44.0 Å². The van der Waals surface area contributed by atoms with Crippen molar-refractivity contribution >= 4 is 29.2 Å². The van der Waals surface area contributed by atoms with Crippen LogP contribution in [0.15, 0.2) is 38.9 Å². The lowest BCUT2D eigenvalue weighted by Gasteiger charge is -2.11. The van der Waals surface area contributed by atoms with Crippen LogP contribution in [0.1, 0.15) is 50.6 Å². The van der Waals surface area contributed by atoms with Gasteiger partial charge in [0.2, 0.25) is 5.96 Å². The van der Waals surface area contributed by atoms with Crippen LogP contribution in [-0.2, 0) is 11.2 Å². The van der Waals surface area contributed by atoms with Crippen LogP contribution in [-0.4, -0.2) is 30.7 Å². The van der Waals surface area contributed by atoms with Crippen LogP contribution in [0.2, 0.25) is 0 Å². The van der Waals surface area contributed by atoms with Crippen molar-refractivity contribution < 1.29 is 18.7 Å². The number of methoxy groups -OCH3 is 1. The van der Waals surface area contributed by atoms with Gasteiger partial charge in [-0.3, -0.25) is 4.79 Å². The van der Waals surface area contributed by atoms with Gasteiger partial charge in [0.25, 0.3) is 5.91 Å². The van der Waals surface area contributed by atoms with E-state index in [-0.39, 0.29) is 17.6 Å². The van der Waals surface area contributed by atoms with E-state index < -0.39 is 5.97 Å². The molecule has 0 aliphatic heterocycles. The summed E-state index contributed by atoms with van der Waals surface area (Å²) in [5.74, 6) is -0.0612. The molecule has 9 nitrogen and oxygen atoms in total. The molecule has 3 rings (SSSR count). The van der Waals surface area contributed by atoms with Crippen LogP contribution in [0.4, 0.5) is 5.69 Å². The fourth-order valence-electron chi connectivity index (χ4n) is 3.10. The van der Waals surface area contributed by atoms with Gasteiger partial charge >= 0.3 is 5.97 Å². The molecule has 28 heavy (non-hydrogen) atoms. The molecule has 0 saturated carbocycles. The number of carbonyl (C=O) groups excluding carboxylic acids is 2. The summed E-state index contributed by atoms with van der Waals surface area (Å²) < 4.78 is 10.5. The number of aryl methyl sites for hydroxylation is 1. The van der Waals surface area contributed by atoms with Gasteiger partial charge in [0.15, 0.2) is 5.76 Å². The first-order chi connectivity index (χ1) is 13.4. The van der Waals surface area contributed by atoms with Crippen LogP contribution >= 0.6 is 0 Å². The normalized spacial score (nSPS) is 14.3. The van der Waals surface area contributed by atoms with Crippen molar-refractivity contribution in [3.63, 3.8) is 0 Å². The average molecular weight is 383 g/mol. The van der Waals surface area contributed by atoms with Gasteiger partial charge < -0.3 is 25.9 Å². The molecule has 0 bridgehead atoms. The Kier molecular flexibility index (Phi) is 5.44. The molecule has 0 radical (unpaired) electrons. The monoisotopic (exact) mass is 383 g/mol. The van der Waals surface area contributed by atoms with Crippen LogP contribution in [0, 0.1) is 6.92 Å². The molecule has 0 spiro atoms. The lowest BCUT2D eigenvalue weighted by atomic mass is 9.93. The highest BCUT2D eigenvalue weighted by Crippen LogP contribution is 2.30. The third kappa shape index (κ3) is 3.88. The average Bonchev–Trinajstić information content (AvgIpc) is 3.03. The van der Waals surface area contributed by atoms with Crippen LogP contribution in [0.25, 0.3) is 0 Å². The van der Waals surface area contributed by atoms with Gasteiger partial charge in [0, 0.05) is 23.2 Å². The molecule has 0 saturated heterocycles. The van der Waals surface area contributed by atoms with Crippen molar-refractivity contribution in [1.29, 1.82) is 0 Å². The van der Waals surface area contributed by atoms with Gasteiger partial charge in [-0.2, -0.15) is 5.10 Å². The Morgan fingerprint density at radius 1 is 1.18 bits per heavy atom. The topological polar surface area (TPSA) is 145 Å². The van der Waals surface area contributed by atoms with Crippen molar-refractivity contribution in [2.24, 2.45) is 21.7 Å². The van der Waals surface area contributed by atoms with E-state index in [1.807, 2.05) is 0 Å². The molecule has 0 fully saturated rings. The van der Waals surface area contributed by atoms with E-state index in [2.05, 4.69) is 20.3 Å². The highest BCUT2D eigenvalue weighted by molar-refractivity contribution is 6.09. The number of hydrogen-bond acceptors (Lipinski definition) is 6. The van der Waals surface area contributed by atoms with Crippen LogP contribution < -0.4 is 16.8 Å². The number of rotatable bonds is 4. The fraction of sp³-hybridized carbons (Fsp3) is 0.263. The number of hydrogen-bond donors (Lipinski definition) is 3. The maximum Gasteiger partial charge on any atom is 0.337 e. The second-order valence-corrected chi connectivity index (χ2v) is 6.30. The molecule has 1 aliphatic carbocycles. The van der Waals surface area contributed by atoms with Gasteiger partial charge in [-0.1, -0.05) is 0 Å². The summed E-state index contributed by atoms with van der Waals surface area (Å²) in [6.07, 6.45) is 2.23. The maximum absolute atomic E-state index is 12.7. The number of carbonyl (C=O) groups is 2. The van der Waals surface area contributed by atoms with Crippen molar-refractivity contribution in [3.05, 3.63) is 52.5 Å². The second kappa shape index (κ2) is 7.95. The highest BCUT2D eigenvalue weighted by Gasteiger charge is 2.28. The third-order valence-electron chi connectivity index (χ3n) is 4.38. The number of nitrogens with zero attached hydrogens (tertiary/aromatic N) is 2. The van der Waals surface area contributed by atoms with E-state index in [0.717, 1.165) is 12.0 Å². The minimum atomic E-state index is -0.444. The molecular formula is C19H21N5O4. The predicted octanol–water partition coefficient (Wildman–Crippen LogP) is 1.94. The van der Waals surface area contributed by atoms with Crippen LogP contribution in [0.5, 0.6) is 0 Å². The van der Waals surface area contributed by atoms with Gasteiger partial charge in [-0.25, -0.2) is 4.79 Å². The highest BCUT2D eigenvalue weighted by atomic mass is 16.5. The molecule has 1 aromatic heterocycles. The zero-order valence-corrected chi connectivity index (χ0v) is 15.6. The Bertz CT molecular complexity index is 969. The van der Waals surface area contributed by atoms with Gasteiger partial charge in [0.1, 0.15) is 5.76 Å². The third-order valence-corrected chi connectivity index (χ3v) is 4.38. The van der Waals surface area contributed by atoms with E-state index >= 15 is 0 Å². The molecule has 146 valence electrons. The Balaban J connectivity index is 1.85. The van der Waals surface area contributed by atoms with Crippen LogP contribution in [0.3, 0.4) is 0 Å². The summed E-state index contributed by atoms with van der Waals surface area (Å²) in [6.45, 7) is 1.80. The summed E-state index contributed by atoms with van der Waals surface area (Å²) in [4.78, 5) is 24.2. The minimum absolute atomic E-state index is 0.130. The molecule has 1 aliphatic rings. The van der Waals surface area contributed by atoms with Crippen molar-refractivity contribution in [2.45, 2.75) is 26.2 Å². The molecule has 1 heterocycles. The van der Waals surface area contributed by atoms with Gasteiger partial charge in [0.05, 0.1) is 18.4 Å². The van der Waals surface area contributed by atoms with E-state index in [4.69, 9.17) is 15.9 Å². The standard InChI is InChI=1S/C19H21N5O4/c1-10-15-13(23-24-19(20)21)4-3-5-14(15)28-16(10)17(25)22-12-8-6-11(7-9-12)18(26)27-2/h6-9H,3-5H2,1-2H3,(H,22,25)(H4,20,21,24)/b23-13+. The number of fused-ring (bicyclic) bond motifs is 1. The number of ether oxygens (including phenoxy) is 1. The maximum atomic E-state index is 12.7. The molecule has 5 N–H and O–H groups in total.